The molecule has 0 spiro atoms. The monoisotopic (exact) mass is 286 g/mol. The van der Waals surface area contributed by atoms with Crippen LogP contribution < -0.4 is 4.74 Å². The zero-order chi connectivity index (χ0) is 14.0. The number of benzene rings is 2. The largest absolute Gasteiger partial charge is 0.496 e. The lowest BCUT2D eigenvalue weighted by molar-refractivity contribution is -0.137. The van der Waals surface area contributed by atoms with Gasteiger partial charge in [0.25, 0.3) is 0 Å². The van der Waals surface area contributed by atoms with Crippen molar-refractivity contribution in [1.82, 2.24) is 0 Å². The van der Waals surface area contributed by atoms with E-state index >= 15 is 0 Å². The Kier molecular flexibility index (Phi) is 3.71. The molecule has 2 aromatic carbocycles. The minimum absolute atomic E-state index is 0.507. The summed E-state index contributed by atoms with van der Waals surface area (Å²) in [5, 5.41) is 0.507. The van der Waals surface area contributed by atoms with E-state index in [0.717, 1.165) is 12.1 Å². The van der Waals surface area contributed by atoms with Crippen LogP contribution in [-0.4, -0.2) is 7.11 Å². The second-order valence-corrected chi connectivity index (χ2v) is 4.36. The Morgan fingerprint density at radius 2 is 1.63 bits per heavy atom. The number of methoxy groups -OCH3 is 1. The van der Waals surface area contributed by atoms with E-state index in [2.05, 4.69) is 0 Å². The Labute approximate surface area is 113 Å². The molecule has 0 unspecified atom stereocenters. The molecule has 0 N–H and O–H groups in total. The lowest BCUT2D eigenvalue weighted by Gasteiger charge is -2.11. The van der Waals surface area contributed by atoms with Gasteiger partial charge in [-0.1, -0.05) is 23.7 Å². The van der Waals surface area contributed by atoms with Gasteiger partial charge in [-0.15, -0.1) is 0 Å². The Morgan fingerprint density at radius 1 is 1.00 bits per heavy atom. The first-order valence-electron chi connectivity index (χ1n) is 5.43. The zero-order valence-electron chi connectivity index (χ0n) is 9.96. The van der Waals surface area contributed by atoms with Crippen LogP contribution in [-0.2, 0) is 6.18 Å². The van der Waals surface area contributed by atoms with Crippen molar-refractivity contribution in [3.8, 4) is 16.9 Å². The molecule has 0 bridgehead atoms. The summed E-state index contributed by atoms with van der Waals surface area (Å²) in [7, 11) is 1.49. The summed E-state index contributed by atoms with van der Waals surface area (Å²) in [5.74, 6) is 0.521. The fraction of sp³-hybridized carbons (Fsp3) is 0.143. The van der Waals surface area contributed by atoms with Gasteiger partial charge in [-0.3, -0.25) is 0 Å². The van der Waals surface area contributed by atoms with Crippen LogP contribution >= 0.6 is 11.6 Å². The third kappa shape index (κ3) is 3.01. The number of alkyl halides is 3. The molecule has 0 saturated heterocycles. The summed E-state index contributed by atoms with van der Waals surface area (Å²) in [6, 6.07) is 9.91. The normalized spacial score (nSPS) is 11.4. The summed E-state index contributed by atoms with van der Waals surface area (Å²) in [4.78, 5) is 0. The molecule has 19 heavy (non-hydrogen) atoms. The Balaban J connectivity index is 2.43. The molecule has 0 radical (unpaired) electrons. The molecule has 0 aliphatic rings. The molecule has 1 nitrogen and oxygen atoms in total. The maximum Gasteiger partial charge on any atom is 0.416 e. The van der Waals surface area contributed by atoms with E-state index in [0.29, 0.717) is 21.9 Å². The van der Waals surface area contributed by atoms with Gasteiger partial charge >= 0.3 is 6.18 Å². The van der Waals surface area contributed by atoms with E-state index < -0.39 is 11.7 Å². The molecule has 5 heteroatoms. The maximum absolute atomic E-state index is 12.5. The van der Waals surface area contributed by atoms with Crippen LogP contribution in [0.15, 0.2) is 42.5 Å². The number of ether oxygens (including phenoxy) is 1. The third-order valence-electron chi connectivity index (χ3n) is 2.69. The SMILES string of the molecule is COc1cc(Cl)ccc1-c1ccc(C(F)(F)F)cc1. The topological polar surface area (TPSA) is 9.23 Å². The van der Waals surface area contributed by atoms with Crippen molar-refractivity contribution in [2.24, 2.45) is 0 Å². The number of rotatable bonds is 2. The molecule has 0 aromatic heterocycles. The summed E-state index contributed by atoms with van der Waals surface area (Å²) >= 11 is 5.84. The van der Waals surface area contributed by atoms with Gasteiger partial charge in [-0.2, -0.15) is 13.2 Å². The van der Waals surface area contributed by atoms with Gasteiger partial charge in [0.05, 0.1) is 12.7 Å². The van der Waals surface area contributed by atoms with Gasteiger partial charge in [-0.05, 0) is 35.9 Å². The van der Waals surface area contributed by atoms with E-state index in [9.17, 15) is 13.2 Å². The Hall–Kier alpha value is -1.68. The van der Waals surface area contributed by atoms with Crippen molar-refractivity contribution in [2.75, 3.05) is 7.11 Å². The van der Waals surface area contributed by atoms with E-state index in [1.54, 1.807) is 18.2 Å². The van der Waals surface area contributed by atoms with Crippen molar-refractivity contribution in [1.29, 1.82) is 0 Å². The molecule has 0 amide bonds. The Bertz CT molecular complexity index is 576. The van der Waals surface area contributed by atoms with Crippen LogP contribution in [0, 0.1) is 0 Å². The van der Waals surface area contributed by atoms with Crippen LogP contribution in [0.25, 0.3) is 11.1 Å². The van der Waals surface area contributed by atoms with Crippen molar-refractivity contribution in [3.05, 3.63) is 53.1 Å². The average Bonchev–Trinajstić information content (AvgIpc) is 2.37. The number of halogens is 4. The molecule has 0 aliphatic heterocycles. The molecule has 0 heterocycles. The fourth-order valence-electron chi connectivity index (χ4n) is 1.74. The van der Waals surface area contributed by atoms with Crippen LogP contribution in [0.4, 0.5) is 13.2 Å². The first kappa shape index (κ1) is 13.7. The van der Waals surface area contributed by atoms with Crippen molar-refractivity contribution in [3.63, 3.8) is 0 Å². The zero-order valence-corrected chi connectivity index (χ0v) is 10.7. The highest BCUT2D eigenvalue weighted by atomic mass is 35.5. The molecular formula is C14H10ClF3O. The average molecular weight is 287 g/mol. The lowest BCUT2D eigenvalue weighted by atomic mass is 10.0. The van der Waals surface area contributed by atoms with Crippen molar-refractivity contribution in [2.45, 2.75) is 6.18 Å². The van der Waals surface area contributed by atoms with Crippen LogP contribution in [0.5, 0.6) is 5.75 Å². The predicted molar refractivity (Wildman–Crippen MR) is 68.4 cm³/mol. The van der Waals surface area contributed by atoms with Gasteiger partial charge in [0.1, 0.15) is 5.75 Å². The highest BCUT2D eigenvalue weighted by molar-refractivity contribution is 6.30. The van der Waals surface area contributed by atoms with Gasteiger partial charge in [-0.25, -0.2) is 0 Å². The molecule has 0 saturated carbocycles. The Morgan fingerprint density at radius 3 is 2.16 bits per heavy atom. The molecule has 100 valence electrons. The molecular weight excluding hydrogens is 277 g/mol. The number of hydrogen-bond donors (Lipinski definition) is 0. The second kappa shape index (κ2) is 5.13. The van der Waals surface area contributed by atoms with Crippen LogP contribution in [0.1, 0.15) is 5.56 Å². The standard InChI is InChI=1S/C14H10ClF3O/c1-19-13-8-11(15)6-7-12(13)9-2-4-10(5-3-9)14(16,17)18/h2-8H,1H3. The van der Waals surface area contributed by atoms with Crippen LogP contribution in [0.3, 0.4) is 0 Å². The minimum Gasteiger partial charge on any atom is -0.496 e. The highest BCUT2D eigenvalue weighted by Crippen LogP contribution is 2.35. The smallest absolute Gasteiger partial charge is 0.416 e. The molecule has 0 aliphatic carbocycles. The minimum atomic E-state index is -4.33. The van der Waals surface area contributed by atoms with Crippen molar-refractivity contribution < 1.29 is 17.9 Å². The van der Waals surface area contributed by atoms with Gasteiger partial charge in [0.15, 0.2) is 0 Å². The molecule has 2 aromatic rings. The lowest BCUT2D eigenvalue weighted by Crippen LogP contribution is -2.04. The predicted octanol–water partition coefficient (Wildman–Crippen LogP) is 5.03. The molecule has 0 fully saturated rings. The first-order chi connectivity index (χ1) is 8.91. The summed E-state index contributed by atoms with van der Waals surface area (Å²) in [6.07, 6.45) is -4.33. The van der Waals surface area contributed by atoms with Gasteiger partial charge in [0, 0.05) is 10.6 Å². The van der Waals surface area contributed by atoms with E-state index in [4.69, 9.17) is 16.3 Å². The van der Waals surface area contributed by atoms with E-state index in [-0.39, 0.29) is 0 Å². The quantitative estimate of drug-likeness (QED) is 0.752. The van der Waals surface area contributed by atoms with Crippen LogP contribution in [0.2, 0.25) is 5.02 Å². The van der Waals surface area contributed by atoms with E-state index in [1.165, 1.54) is 19.2 Å². The third-order valence-corrected chi connectivity index (χ3v) is 2.92. The first-order valence-corrected chi connectivity index (χ1v) is 5.81. The second-order valence-electron chi connectivity index (χ2n) is 3.92. The summed E-state index contributed by atoms with van der Waals surface area (Å²) in [6.45, 7) is 0. The van der Waals surface area contributed by atoms with E-state index in [1.807, 2.05) is 0 Å². The van der Waals surface area contributed by atoms with Crippen molar-refractivity contribution >= 4 is 11.6 Å². The summed E-state index contributed by atoms with van der Waals surface area (Å²) < 4.78 is 42.6. The molecule has 0 atom stereocenters. The summed E-state index contributed by atoms with van der Waals surface area (Å²) in [5.41, 5.74) is 0.659. The molecule has 2 rings (SSSR count). The number of hydrogen-bond acceptors (Lipinski definition) is 1. The van der Waals surface area contributed by atoms with Gasteiger partial charge < -0.3 is 4.74 Å². The fourth-order valence-corrected chi connectivity index (χ4v) is 1.90. The van der Waals surface area contributed by atoms with Gasteiger partial charge in [0.2, 0.25) is 0 Å². The maximum atomic E-state index is 12.5. The highest BCUT2D eigenvalue weighted by Gasteiger charge is 2.30.